The van der Waals surface area contributed by atoms with E-state index in [1.54, 1.807) is 0 Å². The normalized spacial score (nSPS) is 15.6. The van der Waals surface area contributed by atoms with Gasteiger partial charge in [-0.2, -0.15) is 0 Å². The summed E-state index contributed by atoms with van der Waals surface area (Å²) in [5.41, 5.74) is -2.72. The van der Waals surface area contributed by atoms with E-state index in [9.17, 15) is 52.7 Å². The van der Waals surface area contributed by atoms with Crippen molar-refractivity contribution in [2.45, 2.75) is 103 Å². The molecule has 3 nitrogen and oxygen atoms in total. The first-order valence-corrected chi connectivity index (χ1v) is 26.4. The molecule has 364 valence electrons. The van der Waals surface area contributed by atoms with E-state index in [0.717, 1.165) is 12.1 Å². The van der Waals surface area contributed by atoms with Crippen molar-refractivity contribution in [2.24, 2.45) is 0 Å². The van der Waals surface area contributed by atoms with Crippen molar-refractivity contribution in [3.8, 4) is 0 Å². The molecule has 0 bridgehead atoms. The van der Waals surface area contributed by atoms with Crippen molar-refractivity contribution in [2.75, 3.05) is 0 Å². The fourth-order valence-electron chi connectivity index (χ4n) is 5.21. The summed E-state index contributed by atoms with van der Waals surface area (Å²) in [6, 6.07) is 4.76. The van der Waals surface area contributed by atoms with E-state index in [0.29, 0.717) is 24.3 Å². The van der Waals surface area contributed by atoms with Gasteiger partial charge >= 0.3 is 344 Å². The molecule has 0 aliphatic heterocycles. The Labute approximate surface area is 342 Å². The first-order valence-electron chi connectivity index (χ1n) is 16.0. The Morgan fingerprint density at radius 1 is 0.302 bits per heavy atom. The van der Waals surface area contributed by atoms with E-state index in [1.807, 2.05) is 0 Å². The van der Waals surface area contributed by atoms with Crippen LogP contribution in [0.3, 0.4) is 0 Å². The van der Waals surface area contributed by atoms with Crippen LogP contribution in [0.4, 0.5) is 123 Å². The third-order valence-corrected chi connectivity index (χ3v) is 37.4. The Hall–Kier alpha value is -2.04. The van der Waals surface area contributed by atoms with E-state index in [4.69, 9.17) is 0 Å². The SMILES string of the molecule is FC(F)(F)CC(F)(F)[C](F)(F)[Sn]([O]Cc1ccccc1)([O][Sn]([O]Cc1ccccc1)([C](F)(F)C(F)(F)CC(F)(F)F)[C](F)(F)C(F)(F)CC(F)(F)F)[C](F)(F)C(F)(F)CC(F)(F)F. The Morgan fingerprint density at radius 2 is 0.492 bits per heavy atom. The van der Waals surface area contributed by atoms with Crippen LogP contribution in [0.1, 0.15) is 36.8 Å². The van der Waals surface area contributed by atoms with Crippen molar-refractivity contribution in [1.82, 2.24) is 0 Å². The third kappa shape index (κ3) is 12.3. The van der Waals surface area contributed by atoms with Crippen molar-refractivity contribution in [3.63, 3.8) is 0 Å². The minimum absolute atomic E-state index is 0.245. The van der Waals surface area contributed by atoms with Crippen LogP contribution in [0, 0.1) is 0 Å². The van der Waals surface area contributed by atoms with Crippen LogP contribution in [-0.2, 0) is 20.8 Å². The number of rotatable bonds is 20. The van der Waals surface area contributed by atoms with Gasteiger partial charge in [-0.1, -0.05) is 0 Å². The maximum absolute atomic E-state index is 16.5. The quantitative estimate of drug-likeness (QED) is 0.0977. The van der Waals surface area contributed by atoms with Crippen molar-refractivity contribution in [1.29, 1.82) is 0 Å². The zero-order valence-corrected chi connectivity index (χ0v) is 35.5. The van der Waals surface area contributed by atoms with Crippen LogP contribution in [0.25, 0.3) is 0 Å². The van der Waals surface area contributed by atoms with Gasteiger partial charge in [-0.3, -0.25) is 0 Å². The van der Waals surface area contributed by atoms with Crippen LogP contribution in [0.15, 0.2) is 60.7 Å². The molecule has 0 atom stereocenters. The van der Waals surface area contributed by atoms with Gasteiger partial charge in [0.1, 0.15) is 0 Å². The average molecular weight is 1200 g/mol. The van der Waals surface area contributed by atoms with Gasteiger partial charge in [0.05, 0.1) is 0 Å². The van der Waals surface area contributed by atoms with Crippen LogP contribution in [0.5, 0.6) is 0 Å². The second-order valence-corrected chi connectivity index (χ2v) is 33.5. The maximum atomic E-state index is 16.5. The predicted octanol–water partition coefficient (Wildman–Crippen LogP) is 13.4. The van der Waals surface area contributed by atoms with Crippen LogP contribution < -0.4 is 0 Å². The molecular weight excluding hydrogens is 1180 g/mol. The van der Waals surface area contributed by atoms with Crippen LogP contribution in [0.2, 0.25) is 0 Å². The molecule has 2 rings (SSSR count). The second kappa shape index (κ2) is 18.2. The molecule has 0 aliphatic rings. The molecule has 0 aliphatic carbocycles. The summed E-state index contributed by atoms with van der Waals surface area (Å²) in [5, 5.41) is 0. The van der Waals surface area contributed by atoms with Gasteiger partial charge in [-0.05, 0) is 0 Å². The third-order valence-electron chi connectivity index (χ3n) is 8.04. The molecule has 0 radical (unpaired) electrons. The molecule has 0 unspecified atom stereocenters. The summed E-state index contributed by atoms with van der Waals surface area (Å²) >= 11 is -24.7. The molecule has 2 aromatic carbocycles. The Bertz CT molecular complexity index is 1580. The molecule has 2 aromatic rings. The molecule has 0 heterocycles. The fraction of sp³-hybridized carbons (Fsp3) is 0.600. The van der Waals surface area contributed by atoms with Crippen molar-refractivity contribution in [3.05, 3.63) is 71.8 Å². The van der Waals surface area contributed by atoms with Crippen molar-refractivity contribution < 1.29 is 130 Å². The molecular formula is C30H22F28O3Sn2. The average Bonchev–Trinajstić information content (AvgIpc) is 3.04. The van der Waals surface area contributed by atoms with Crippen LogP contribution in [-0.4, -0.2) is 103 Å². The summed E-state index contributed by atoms with van der Waals surface area (Å²) in [5.74, 6) is -31.7. The van der Waals surface area contributed by atoms with Gasteiger partial charge in [-0.25, -0.2) is 0 Å². The van der Waals surface area contributed by atoms with E-state index in [2.05, 4.69) is 7.56 Å². The van der Waals surface area contributed by atoms with E-state index >= 15 is 70.2 Å². The number of halogens is 28. The molecule has 0 spiro atoms. The molecule has 0 saturated carbocycles. The molecule has 0 amide bonds. The molecule has 0 fully saturated rings. The molecule has 63 heavy (non-hydrogen) atoms. The van der Waals surface area contributed by atoms with Gasteiger partial charge in [0.15, 0.2) is 0 Å². The summed E-state index contributed by atoms with van der Waals surface area (Å²) in [7, 11) is 0. The predicted molar refractivity (Wildman–Crippen MR) is 157 cm³/mol. The first-order chi connectivity index (χ1) is 27.7. The number of hydrogen-bond donors (Lipinski definition) is 0. The van der Waals surface area contributed by atoms with E-state index in [-0.39, 0.29) is 24.3 Å². The van der Waals surface area contributed by atoms with E-state index in [1.165, 1.54) is 0 Å². The molecule has 0 saturated heterocycles. The summed E-state index contributed by atoms with van der Waals surface area (Å²) in [6.45, 7) is -5.77. The van der Waals surface area contributed by atoms with Crippen molar-refractivity contribution >= 4 is 38.4 Å². The van der Waals surface area contributed by atoms with Gasteiger partial charge < -0.3 is 0 Å². The van der Waals surface area contributed by atoms with Gasteiger partial charge in [0.2, 0.25) is 0 Å². The number of hydrogen-bond acceptors (Lipinski definition) is 3. The zero-order chi connectivity index (χ0) is 49.6. The summed E-state index contributed by atoms with van der Waals surface area (Å²) < 4.78 is 390. The first kappa shape index (κ1) is 57.1. The van der Waals surface area contributed by atoms with E-state index < -0.39 is 153 Å². The monoisotopic (exact) mass is 1200 g/mol. The second-order valence-electron chi connectivity index (χ2n) is 13.2. The summed E-state index contributed by atoms with van der Waals surface area (Å²) in [6.07, 6.45) is -47.4. The van der Waals surface area contributed by atoms with Gasteiger partial charge in [0.25, 0.3) is 0 Å². The number of alkyl halides is 28. The fourth-order valence-corrected chi connectivity index (χ4v) is 40.9. The van der Waals surface area contributed by atoms with Crippen LogP contribution >= 0.6 is 0 Å². The zero-order valence-electron chi connectivity index (χ0n) is 29.8. The van der Waals surface area contributed by atoms with Gasteiger partial charge in [0, 0.05) is 0 Å². The molecule has 0 N–H and O–H groups in total. The Morgan fingerprint density at radius 3 is 0.667 bits per heavy atom. The standard InChI is InChI=1S/2C7H7O.4C4H2F7.O.2Sn/c2*8-6-7-4-2-1-3-5-7;4*5-2(6)3(7,8)1-4(9,10)11;;;/h2*1-5H,6H2;4*1H2;;;/q2*-1;;;;;;2*+1. The molecule has 33 heteroatoms. The molecule has 0 aromatic heterocycles. The minimum atomic E-state index is -12.4. The van der Waals surface area contributed by atoms with Gasteiger partial charge in [-0.15, -0.1) is 0 Å². The Kier molecular flexibility index (Phi) is 16.5. The number of benzene rings is 2. The topological polar surface area (TPSA) is 27.7 Å². The summed E-state index contributed by atoms with van der Waals surface area (Å²) in [4.78, 5) is 0. The Balaban J connectivity index is 3.63.